The standard InChI is InChI=1S/C20H20N4OS/c1-3-18(15-7-5-4-6-8-15)23-24-20-22-19(13-26-20)16-9-11-17(12-10-16)21-14(2)25/h4-13H,3H2,1-2H3,(H,21,25)(H,22,24)/b23-18-. The van der Waals surface area contributed by atoms with Gasteiger partial charge in [-0.25, -0.2) is 4.98 Å². The minimum Gasteiger partial charge on any atom is -0.326 e. The lowest BCUT2D eigenvalue weighted by Gasteiger charge is -2.04. The van der Waals surface area contributed by atoms with Crippen LogP contribution in [0.3, 0.4) is 0 Å². The maximum atomic E-state index is 11.1. The summed E-state index contributed by atoms with van der Waals surface area (Å²) in [6.07, 6.45) is 0.833. The third-order valence-corrected chi connectivity index (χ3v) is 4.48. The highest BCUT2D eigenvalue weighted by atomic mass is 32.1. The first-order valence-electron chi connectivity index (χ1n) is 8.37. The van der Waals surface area contributed by atoms with Crippen molar-refractivity contribution in [3.05, 3.63) is 65.5 Å². The van der Waals surface area contributed by atoms with Crippen molar-refractivity contribution in [3.63, 3.8) is 0 Å². The van der Waals surface area contributed by atoms with Crippen molar-refractivity contribution in [3.8, 4) is 11.3 Å². The van der Waals surface area contributed by atoms with E-state index in [2.05, 4.69) is 27.8 Å². The lowest BCUT2D eigenvalue weighted by molar-refractivity contribution is -0.114. The number of aromatic nitrogens is 1. The fraction of sp³-hybridized carbons (Fsp3) is 0.150. The lowest BCUT2D eigenvalue weighted by atomic mass is 10.1. The number of hydrogen-bond donors (Lipinski definition) is 2. The molecule has 0 unspecified atom stereocenters. The van der Waals surface area contributed by atoms with Gasteiger partial charge >= 0.3 is 0 Å². The van der Waals surface area contributed by atoms with Crippen LogP contribution in [0.25, 0.3) is 11.3 Å². The monoisotopic (exact) mass is 364 g/mol. The maximum Gasteiger partial charge on any atom is 0.221 e. The average Bonchev–Trinajstić information content (AvgIpc) is 3.12. The third kappa shape index (κ3) is 4.55. The summed E-state index contributed by atoms with van der Waals surface area (Å²) >= 11 is 1.51. The average molecular weight is 364 g/mol. The van der Waals surface area contributed by atoms with Crippen molar-refractivity contribution in [2.75, 3.05) is 10.7 Å². The molecule has 0 atom stereocenters. The number of carbonyl (C=O) groups excluding carboxylic acids is 1. The van der Waals surface area contributed by atoms with Gasteiger partial charge in [-0.05, 0) is 24.1 Å². The summed E-state index contributed by atoms with van der Waals surface area (Å²) in [6, 6.07) is 17.7. The van der Waals surface area contributed by atoms with Crippen LogP contribution < -0.4 is 10.7 Å². The topological polar surface area (TPSA) is 66.4 Å². The molecule has 3 rings (SSSR count). The van der Waals surface area contributed by atoms with E-state index in [1.807, 2.05) is 60.0 Å². The lowest BCUT2D eigenvalue weighted by Crippen LogP contribution is -2.05. The zero-order chi connectivity index (χ0) is 18.4. The van der Waals surface area contributed by atoms with E-state index >= 15 is 0 Å². The van der Waals surface area contributed by atoms with Gasteiger partial charge in [0.05, 0.1) is 11.4 Å². The van der Waals surface area contributed by atoms with Gasteiger partial charge in [0, 0.05) is 23.6 Å². The van der Waals surface area contributed by atoms with Crippen LogP contribution in [-0.2, 0) is 4.79 Å². The molecule has 26 heavy (non-hydrogen) atoms. The molecule has 0 fully saturated rings. The van der Waals surface area contributed by atoms with E-state index in [0.717, 1.165) is 39.8 Å². The van der Waals surface area contributed by atoms with Crippen LogP contribution in [-0.4, -0.2) is 16.6 Å². The van der Waals surface area contributed by atoms with Gasteiger partial charge in [-0.1, -0.05) is 49.4 Å². The zero-order valence-electron chi connectivity index (χ0n) is 14.7. The summed E-state index contributed by atoms with van der Waals surface area (Å²) < 4.78 is 0. The Morgan fingerprint density at radius 2 is 1.85 bits per heavy atom. The molecule has 2 N–H and O–H groups in total. The number of anilines is 2. The minimum absolute atomic E-state index is 0.0825. The Balaban J connectivity index is 1.71. The molecule has 0 aliphatic heterocycles. The molecule has 0 saturated heterocycles. The van der Waals surface area contributed by atoms with Crippen molar-refractivity contribution in [1.82, 2.24) is 4.98 Å². The van der Waals surface area contributed by atoms with Crippen molar-refractivity contribution >= 4 is 33.8 Å². The molecule has 5 nitrogen and oxygen atoms in total. The number of hydrogen-bond acceptors (Lipinski definition) is 5. The van der Waals surface area contributed by atoms with Crippen LogP contribution in [0.5, 0.6) is 0 Å². The quantitative estimate of drug-likeness (QED) is 0.478. The van der Waals surface area contributed by atoms with Crippen molar-refractivity contribution in [1.29, 1.82) is 0 Å². The fourth-order valence-electron chi connectivity index (χ4n) is 2.48. The first-order valence-corrected chi connectivity index (χ1v) is 9.25. The molecular formula is C20H20N4OS. The van der Waals surface area contributed by atoms with Crippen LogP contribution in [0.1, 0.15) is 25.8 Å². The van der Waals surface area contributed by atoms with Crippen LogP contribution >= 0.6 is 11.3 Å². The summed E-state index contributed by atoms with van der Waals surface area (Å²) in [5.41, 5.74) is 7.79. The summed E-state index contributed by atoms with van der Waals surface area (Å²) in [5, 5.41) is 9.99. The number of hydrazone groups is 1. The molecule has 1 amide bonds. The number of carbonyl (C=O) groups is 1. The minimum atomic E-state index is -0.0825. The van der Waals surface area contributed by atoms with Crippen molar-refractivity contribution < 1.29 is 4.79 Å². The summed E-state index contributed by atoms with van der Waals surface area (Å²) in [4.78, 5) is 15.7. The number of nitrogens with one attached hydrogen (secondary N) is 2. The molecule has 0 spiro atoms. The first kappa shape index (κ1) is 17.8. The molecule has 0 aliphatic rings. The second kappa shape index (κ2) is 8.40. The Morgan fingerprint density at radius 1 is 1.12 bits per heavy atom. The van der Waals surface area contributed by atoms with E-state index < -0.39 is 0 Å². The van der Waals surface area contributed by atoms with Gasteiger partial charge in [0.2, 0.25) is 11.0 Å². The van der Waals surface area contributed by atoms with E-state index in [1.54, 1.807) is 0 Å². The van der Waals surface area contributed by atoms with E-state index in [1.165, 1.54) is 18.3 Å². The van der Waals surface area contributed by atoms with Crippen molar-refractivity contribution in [2.24, 2.45) is 5.10 Å². The molecule has 2 aromatic carbocycles. The molecule has 0 bridgehead atoms. The highest BCUT2D eigenvalue weighted by Crippen LogP contribution is 2.26. The Bertz CT molecular complexity index is 901. The maximum absolute atomic E-state index is 11.1. The number of rotatable bonds is 6. The van der Waals surface area contributed by atoms with Gasteiger partial charge in [-0.3, -0.25) is 10.2 Å². The molecule has 3 aromatic rings. The van der Waals surface area contributed by atoms with E-state index in [-0.39, 0.29) is 5.91 Å². The third-order valence-electron chi connectivity index (χ3n) is 3.73. The molecule has 0 radical (unpaired) electrons. The van der Waals surface area contributed by atoms with Gasteiger partial charge < -0.3 is 5.32 Å². The Morgan fingerprint density at radius 3 is 2.50 bits per heavy atom. The van der Waals surface area contributed by atoms with Gasteiger partial charge in [-0.2, -0.15) is 5.10 Å². The van der Waals surface area contributed by atoms with E-state index in [9.17, 15) is 4.79 Å². The van der Waals surface area contributed by atoms with Crippen molar-refractivity contribution in [2.45, 2.75) is 20.3 Å². The SMILES string of the molecule is CC/C(=N/Nc1nc(-c2ccc(NC(C)=O)cc2)cs1)c1ccccc1. The predicted molar refractivity (Wildman–Crippen MR) is 109 cm³/mol. The van der Waals surface area contributed by atoms with Crippen LogP contribution in [0, 0.1) is 0 Å². The molecule has 1 heterocycles. The predicted octanol–water partition coefficient (Wildman–Crippen LogP) is 4.99. The molecule has 1 aromatic heterocycles. The number of nitrogens with zero attached hydrogens (tertiary/aromatic N) is 2. The van der Waals surface area contributed by atoms with Gasteiger partial charge in [0.1, 0.15) is 0 Å². The molecule has 132 valence electrons. The number of amides is 1. The Kier molecular flexibility index (Phi) is 5.76. The van der Waals surface area contributed by atoms with E-state index in [0.29, 0.717) is 0 Å². The van der Waals surface area contributed by atoms with E-state index in [4.69, 9.17) is 0 Å². The summed E-state index contributed by atoms with van der Waals surface area (Å²) in [6.45, 7) is 3.57. The zero-order valence-corrected chi connectivity index (χ0v) is 15.5. The number of benzene rings is 2. The normalized spacial score (nSPS) is 11.2. The second-order valence-electron chi connectivity index (χ2n) is 5.69. The first-order chi connectivity index (χ1) is 12.7. The highest BCUT2D eigenvalue weighted by Gasteiger charge is 2.06. The Hall–Kier alpha value is -2.99. The van der Waals surface area contributed by atoms with Gasteiger partial charge in [0.25, 0.3) is 0 Å². The second-order valence-corrected chi connectivity index (χ2v) is 6.54. The smallest absolute Gasteiger partial charge is 0.221 e. The Labute approximate surface area is 156 Å². The fourth-order valence-corrected chi connectivity index (χ4v) is 3.14. The molecule has 0 aliphatic carbocycles. The van der Waals surface area contributed by atoms with Gasteiger partial charge in [-0.15, -0.1) is 11.3 Å². The largest absolute Gasteiger partial charge is 0.326 e. The number of thiazole rings is 1. The van der Waals surface area contributed by atoms with Gasteiger partial charge in [0.15, 0.2) is 0 Å². The summed E-state index contributed by atoms with van der Waals surface area (Å²) in [7, 11) is 0. The molecule has 0 saturated carbocycles. The van der Waals surface area contributed by atoms with Crippen LogP contribution in [0.2, 0.25) is 0 Å². The van der Waals surface area contributed by atoms with Crippen LogP contribution in [0.15, 0.2) is 65.1 Å². The summed E-state index contributed by atoms with van der Waals surface area (Å²) in [5.74, 6) is -0.0825. The molecule has 6 heteroatoms. The molecular weight excluding hydrogens is 344 g/mol. The highest BCUT2D eigenvalue weighted by molar-refractivity contribution is 7.14. The van der Waals surface area contributed by atoms with Crippen LogP contribution in [0.4, 0.5) is 10.8 Å².